The van der Waals surface area contributed by atoms with Crippen LogP contribution in [-0.4, -0.2) is 45.7 Å². The average molecular weight is 546 g/mol. The van der Waals surface area contributed by atoms with Crippen molar-refractivity contribution in [3.8, 4) is 34.5 Å². The van der Waals surface area contributed by atoms with E-state index < -0.39 is 17.9 Å². The van der Waals surface area contributed by atoms with Crippen molar-refractivity contribution in [3.05, 3.63) is 77.5 Å². The van der Waals surface area contributed by atoms with E-state index in [-0.39, 0.29) is 17.1 Å². The second kappa shape index (κ2) is 12.6. The van der Waals surface area contributed by atoms with Gasteiger partial charge in [-0.2, -0.15) is 0 Å². The first kappa shape index (κ1) is 28.8. The van der Waals surface area contributed by atoms with Crippen LogP contribution < -0.4 is 29.0 Å². The summed E-state index contributed by atoms with van der Waals surface area (Å²) in [7, 11) is 5.92. The number of phenolic OH excluding ortho intramolecular Hbond substituents is 1. The lowest BCUT2D eigenvalue weighted by atomic mass is 10.1. The van der Waals surface area contributed by atoms with E-state index in [1.54, 1.807) is 30.4 Å². The maximum atomic E-state index is 12.4. The van der Waals surface area contributed by atoms with Crippen molar-refractivity contribution in [3.63, 3.8) is 0 Å². The summed E-state index contributed by atoms with van der Waals surface area (Å²) in [5, 5.41) is 13.3. The number of methoxy groups -OCH3 is 4. The van der Waals surface area contributed by atoms with Gasteiger partial charge in [0.2, 0.25) is 5.75 Å². The molecule has 0 atom stereocenters. The van der Waals surface area contributed by atoms with Gasteiger partial charge in [0.05, 0.1) is 34.1 Å². The molecular formula is C28H26F3NO7. The first-order valence-corrected chi connectivity index (χ1v) is 11.3. The predicted octanol–water partition coefficient (Wildman–Crippen LogP) is 6.30. The highest BCUT2D eigenvalue weighted by atomic mass is 19.4. The molecule has 0 aromatic heterocycles. The van der Waals surface area contributed by atoms with Crippen LogP contribution >= 0.6 is 0 Å². The maximum Gasteiger partial charge on any atom is 0.573 e. The molecule has 39 heavy (non-hydrogen) atoms. The number of halogens is 3. The minimum Gasteiger partial charge on any atom is -0.504 e. The zero-order valence-electron chi connectivity index (χ0n) is 21.5. The van der Waals surface area contributed by atoms with Gasteiger partial charge in [0, 0.05) is 17.8 Å². The largest absolute Gasteiger partial charge is 0.573 e. The van der Waals surface area contributed by atoms with Crippen molar-refractivity contribution in [2.45, 2.75) is 6.36 Å². The monoisotopic (exact) mass is 545 g/mol. The molecule has 206 valence electrons. The molecule has 11 heteroatoms. The van der Waals surface area contributed by atoms with Gasteiger partial charge < -0.3 is 34.1 Å². The van der Waals surface area contributed by atoms with Crippen LogP contribution in [0.5, 0.6) is 34.5 Å². The molecule has 0 fully saturated rings. The van der Waals surface area contributed by atoms with E-state index in [9.17, 15) is 23.1 Å². The van der Waals surface area contributed by atoms with Crippen LogP contribution in [0.15, 0.2) is 60.8 Å². The third-order valence-corrected chi connectivity index (χ3v) is 5.30. The van der Waals surface area contributed by atoms with Crippen molar-refractivity contribution in [2.24, 2.45) is 0 Å². The van der Waals surface area contributed by atoms with Crippen molar-refractivity contribution in [2.75, 3.05) is 33.8 Å². The number of hydrogen-bond donors (Lipinski definition) is 2. The molecular weight excluding hydrogens is 519 g/mol. The Balaban J connectivity index is 1.79. The second-order valence-corrected chi connectivity index (χ2v) is 7.83. The van der Waals surface area contributed by atoms with Crippen molar-refractivity contribution < 1.29 is 46.8 Å². The van der Waals surface area contributed by atoms with E-state index in [1.165, 1.54) is 58.9 Å². The Morgan fingerprint density at radius 2 is 1.38 bits per heavy atom. The Morgan fingerprint density at radius 3 is 1.90 bits per heavy atom. The van der Waals surface area contributed by atoms with Gasteiger partial charge in [0.25, 0.3) is 0 Å². The maximum absolute atomic E-state index is 12.4. The molecule has 0 saturated heterocycles. The highest BCUT2D eigenvalue weighted by molar-refractivity contribution is 6.04. The van der Waals surface area contributed by atoms with Gasteiger partial charge in [-0.05, 0) is 59.7 Å². The fraction of sp³-hybridized carbons (Fsp3) is 0.179. The summed E-state index contributed by atoms with van der Waals surface area (Å²) in [6.07, 6.45) is 1.21. The molecule has 0 amide bonds. The normalized spacial score (nSPS) is 11.5. The Morgan fingerprint density at radius 1 is 0.821 bits per heavy atom. The SMILES string of the molecule is COc1cc(C=Cc2cc(O)c(OC)c(NC=CC(=O)c3ccc(OC(F)(F)F)cc3)c2)cc(OC)c1OC. The molecule has 3 rings (SSSR count). The lowest BCUT2D eigenvalue weighted by Crippen LogP contribution is -2.17. The molecule has 0 aliphatic heterocycles. The fourth-order valence-corrected chi connectivity index (χ4v) is 3.57. The van der Waals surface area contributed by atoms with Crippen LogP contribution in [0.4, 0.5) is 18.9 Å². The van der Waals surface area contributed by atoms with E-state index in [2.05, 4.69) is 10.1 Å². The Labute approximate surface area is 222 Å². The minimum absolute atomic E-state index is 0.144. The molecule has 0 aliphatic carbocycles. The number of rotatable bonds is 11. The summed E-state index contributed by atoms with van der Waals surface area (Å²) in [6.45, 7) is 0. The van der Waals surface area contributed by atoms with E-state index in [1.807, 2.05) is 0 Å². The topological polar surface area (TPSA) is 95.5 Å². The van der Waals surface area contributed by atoms with E-state index in [0.29, 0.717) is 28.5 Å². The first-order chi connectivity index (χ1) is 18.6. The fourth-order valence-electron chi connectivity index (χ4n) is 3.57. The smallest absolute Gasteiger partial charge is 0.504 e. The number of hydrogen-bond acceptors (Lipinski definition) is 8. The Kier molecular flexibility index (Phi) is 9.32. The van der Waals surface area contributed by atoms with Gasteiger partial charge in [0.1, 0.15) is 5.75 Å². The van der Waals surface area contributed by atoms with E-state index in [0.717, 1.165) is 17.7 Å². The van der Waals surface area contributed by atoms with Crippen LogP contribution in [-0.2, 0) is 0 Å². The molecule has 0 spiro atoms. The number of alkyl halides is 3. The summed E-state index contributed by atoms with van der Waals surface area (Å²) < 4.78 is 62.1. The van der Waals surface area contributed by atoms with Crippen molar-refractivity contribution in [1.82, 2.24) is 0 Å². The molecule has 3 aromatic carbocycles. The first-order valence-electron chi connectivity index (χ1n) is 11.3. The minimum atomic E-state index is -4.82. The molecule has 2 N–H and O–H groups in total. The zero-order chi connectivity index (χ0) is 28.6. The third kappa shape index (κ3) is 7.60. The number of aromatic hydroxyl groups is 1. The molecule has 3 aromatic rings. The van der Waals surface area contributed by atoms with Gasteiger partial charge in [0.15, 0.2) is 28.8 Å². The van der Waals surface area contributed by atoms with Crippen LogP contribution in [0.2, 0.25) is 0 Å². The van der Waals surface area contributed by atoms with Crippen molar-refractivity contribution in [1.29, 1.82) is 0 Å². The molecule has 0 saturated carbocycles. The Hall–Kier alpha value is -4.80. The number of nitrogens with one attached hydrogen (secondary N) is 1. The van der Waals surface area contributed by atoms with Gasteiger partial charge in [-0.15, -0.1) is 13.2 Å². The summed E-state index contributed by atoms with van der Waals surface area (Å²) in [5.41, 5.74) is 1.86. The summed E-state index contributed by atoms with van der Waals surface area (Å²) in [6, 6.07) is 11.2. The number of benzene rings is 3. The second-order valence-electron chi connectivity index (χ2n) is 7.83. The highest BCUT2D eigenvalue weighted by Gasteiger charge is 2.31. The van der Waals surface area contributed by atoms with Gasteiger partial charge >= 0.3 is 6.36 Å². The van der Waals surface area contributed by atoms with Crippen LogP contribution in [0.1, 0.15) is 21.5 Å². The molecule has 0 heterocycles. The molecule has 8 nitrogen and oxygen atoms in total. The number of allylic oxidation sites excluding steroid dienone is 1. The highest BCUT2D eigenvalue weighted by Crippen LogP contribution is 2.39. The number of carbonyl (C=O) groups excluding carboxylic acids is 1. The predicted molar refractivity (Wildman–Crippen MR) is 140 cm³/mol. The quantitative estimate of drug-likeness (QED) is 0.165. The van der Waals surface area contributed by atoms with Crippen LogP contribution in [0.25, 0.3) is 12.2 Å². The standard InChI is InChI=1S/C28H26F3NO7/c1-35-24-15-18(16-25(36-2)27(24)38-4)6-5-17-13-21(26(37-3)23(34)14-17)32-12-11-22(33)19-7-9-20(10-8-19)39-28(29,30)31/h5-16,32,34H,1-4H3. The van der Waals surface area contributed by atoms with Crippen molar-refractivity contribution >= 4 is 23.6 Å². The zero-order valence-corrected chi connectivity index (χ0v) is 21.5. The number of ketones is 1. The number of anilines is 1. The molecule has 0 radical (unpaired) electrons. The van der Waals surface area contributed by atoms with E-state index in [4.69, 9.17) is 18.9 Å². The lowest BCUT2D eigenvalue weighted by Gasteiger charge is -2.13. The van der Waals surface area contributed by atoms with Crippen LogP contribution in [0, 0.1) is 0 Å². The van der Waals surface area contributed by atoms with E-state index >= 15 is 0 Å². The molecule has 0 bridgehead atoms. The number of carbonyl (C=O) groups is 1. The summed E-state index contributed by atoms with van der Waals surface area (Å²) >= 11 is 0. The molecule has 0 aliphatic rings. The summed E-state index contributed by atoms with van der Waals surface area (Å²) in [5.74, 6) is 0.512. The average Bonchev–Trinajstić information content (AvgIpc) is 2.90. The van der Waals surface area contributed by atoms with Gasteiger partial charge in [-0.25, -0.2) is 0 Å². The lowest BCUT2D eigenvalue weighted by molar-refractivity contribution is -0.274. The Bertz CT molecular complexity index is 1340. The molecule has 0 unspecified atom stereocenters. The van der Waals surface area contributed by atoms with Gasteiger partial charge in [-0.1, -0.05) is 12.2 Å². The number of phenols is 1. The number of ether oxygens (including phenoxy) is 5. The van der Waals surface area contributed by atoms with Gasteiger partial charge in [-0.3, -0.25) is 4.79 Å². The summed E-state index contributed by atoms with van der Waals surface area (Å²) in [4.78, 5) is 12.4. The third-order valence-electron chi connectivity index (χ3n) is 5.30. The van der Waals surface area contributed by atoms with Crippen LogP contribution in [0.3, 0.4) is 0 Å².